The van der Waals surface area contributed by atoms with Crippen molar-refractivity contribution < 1.29 is 0 Å². The first-order chi connectivity index (χ1) is 6.70. The van der Waals surface area contributed by atoms with Crippen LogP contribution >= 0.6 is 15.9 Å². The molecule has 2 rings (SSSR count). The van der Waals surface area contributed by atoms with Crippen molar-refractivity contribution in [3.05, 3.63) is 40.6 Å². The summed E-state index contributed by atoms with van der Waals surface area (Å²) >= 11 is 3.55. The van der Waals surface area contributed by atoms with E-state index in [1.54, 1.807) is 0 Å². The van der Waals surface area contributed by atoms with E-state index in [1.807, 2.05) is 18.5 Å². The van der Waals surface area contributed by atoms with E-state index < -0.39 is 0 Å². The van der Waals surface area contributed by atoms with Gasteiger partial charge in [-0.05, 0) is 29.0 Å². The molecule has 1 nitrogen and oxygen atoms in total. The molecule has 0 unspecified atom stereocenters. The van der Waals surface area contributed by atoms with Crippen LogP contribution in [0.5, 0.6) is 0 Å². The number of fused-ring (bicyclic) bond motifs is 1. The summed E-state index contributed by atoms with van der Waals surface area (Å²) in [6, 6.07) is 6.32. The van der Waals surface area contributed by atoms with Gasteiger partial charge in [0.2, 0.25) is 0 Å². The van der Waals surface area contributed by atoms with Crippen LogP contribution < -0.4 is 0 Å². The Balaban J connectivity index is 2.82. The van der Waals surface area contributed by atoms with E-state index >= 15 is 0 Å². The number of benzene rings is 1. The van der Waals surface area contributed by atoms with Crippen LogP contribution in [0.15, 0.2) is 35.1 Å². The lowest BCUT2D eigenvalue weighted by atomic mass is 9.98. The number of rotatable bonds is 1. The van der Waals surface area contributed by atoms with Crippen LogP contribution in [0, 0.1) is 0 Å². The van der Waals surface area contributed by atoms with Crippen LogP contribution in [-0.4, -0.2) is 4.98 Å². The van der Waals surface area contributed by atoms with Crippen molar-refractivity contribution in [2.75, 3.05) is 0 Å². The maximum Gasteiger partial charge on any atom is 0.0349 e. The Morgan fingerprint density at radius 1 is 1.14 bits per heavy atom. The van der Waals surface area contributed by atoms with E-state index in [0.717, 1.165) is 4.47 Å². The molecule has 1 aromatic carbocycles. The first kappa shape index (κ1) is 9.66. The Morgan fingerprint density at radius 3 is 2.64 bits per heavy atom. The molecule has 0 bridgehead atoms. The molecule has 0 saturated carbocycles. The van der Waals surface area contributed by atoms with Crippen molar-refractivity contribution in [1.29, 1.82) is 0 Å². The fourth-order valence-electron chi connectivity index (χ4n) is 1.68. The van der Waals surface area contributed by atoms with Gasteiger partial charge < -0.3 is 0 Å². The quantitative estimate of drug-likeness (QED) is 0.741. The molecule has 0 aliphatic rings. The highest BCUT2D eigenvalue weighted by Crippen LogP contribution is 2.29. The van der Waals surface area contributed by atoms with Crippen molar-refractivity contribution in [1.82, 2.24) is 4.98 Å². The van der Waals surface area contributed by atoms with E-state index in [-0.39, 0.29) is 0 Å². The Morgan fingerprint density at radius 2 is 1.93 bits per heavy atom. The van der Waals surface area contributed by atoms with Gasteiger partial charge in [0.15, 0.2) is 0 Å². The minimum Gasteiger partial charge on any atom is -0.264 e. The lowest BCUT2D eigenvalue weighted by Gasteiger charge is -2.10. The molecule has 1 heterocycles. The maximum atomic E-state index is 4.18. The van der Waals surface area contributed by atoms with Gasteiger partial charge in [0.25, 0.3) is 0 Å². The fraction of sp³-hybridized carbons (Fsp3) is 0.250. The van der Waals surface area contributed by atoms with Gasteiger partial charge in [-0.1, -0.05) is 35.8 Å². The van der Waals surface area contributed by atoms with Crippen molar-refractivity contribution >= 4 is 26.7 Å². The highest BCUT2D eigenvalue weighted by atomic mass is 79.9. The molecule has 0 amide bonds. The Bertz CT molecular complexity index is 463. The lowest BCUT2D eigenvalue weighted by Crippen LogP contribution is -1.90. The van der Waals surface area contributed by atoms with Crippen LogP contribution in [0.3, 0.4) is 0 Å². The van der Waals surface area contributed by atoms with Crippen LogP contribution in [0.1, 0.15) is 25.3 Å². The molecular formula is C12H12BrN. The van der Waals surface area contributed by atoms with Gasteiger partial charge in [-0.3, -0.25) is 4.98 Å². The lowest BCUT2D eigenvalue weighted by molar-refractivity contribution is 0.875. The molecule has 2 aromatic rings. The first-order valence-corrected chi connectivity index (χ1v) is 5.51. The van der Waals surface area contributed by atoms with Gasteiger partial charge in [-0.15, -0.1) is 0 Å². The summed E-state index contributed by atoms with van der Waals surface area (Å²) in [6.07, 6.45) is 3.77. The topological polar surface area (TPSA) is 12.9 Å². The Hall–Kier alpha value is -0.890. The average molecular weight is 250 g/mol. The molecule has 72 valence electrons. The number of hydrogen-bond donors (Lipinski definition) is 0. The van der Waals surface area contributed by atoms with Crippen molar-refractivity contribution in [3.8, 4) is 0 Å². The number of aromatic nitrogens is 1. The van der Waals surface area contributed by atoms with Gasteiger partial charge in [0.1, 0.15) is 0 Å². The van der Waals surface area contributed by atoms with Gasteiger partial charge in [0.05, 0.1) is 0 Å². The van der Waals surface area contributed by atoms with E-state index in [9.17, 15) is 0 Å². The highest BCUT2D eigenvalue weighted by Gasteiger charge is 2.06. The summed E-state index contributed by atoms with van der Waals surface area (Å²) in [7, 11) is 0. The van der Waals surface area contributed by atoms with Crippen molar-refractivity contribution in [2.24, 2.45) is 0 Å². The Kier molecular flexibility index (Phi) is 2.55. The predicted octanol–water partition coefficient (Wildman–Crippen LogP) is 4.12. The van der Waals surface area contributed by atoms with Gasteiger partial charge in [0, 0.05) is 22.3 Å². The predicted molar refractivity (Wildman–Crippen MR) is 63.5 cm³/mol. The minimum atomic E-state index is 0.537. The number of nitrogens with zero attached hydrogens (tertiary/aromatic N) is 1. The normalized spacial score (nSPS) is 11.1. The third-order valence-corrected chi connectivity index (χ3v) is 3.11. The van der Waals surface area contributed by atoms with Crippen LogP contribution in [0.2, 0.25) is 0 Å². The van der Waals surface area contributed by atoms with E-state index in [2.05, 4.69) is 46.9 Å². The summed E-state index contributed by atoms with van der Waals surface area (Å²) in [6.45, 7) is 4.41. The zero-order chi connectivity index (χ0) is 10.1. The molecule has 0 N–H and O–H groups in total. The summed E-state index contributed by atoms with van der Waals surface area (Å²) < 4.78 is 1.14. The van der Waals surface area contributed by atoms with E-state index in [4.69, 9.17) is 0 Å². The molecule has 1 aromatic heterocycles. The third kappa shape index (κ3) is 1.55. The molecule has 0 spiro atoms. The molecule has 0 aliphatic carbocycles. The highest BCUT2D eigenvalue weighted by molar-refractivity contribution is 9.10. The molecular weight excluding hydrogens is 238 g/mol. The first-order valence-electron chi connectivity index (χ1n) is 4.72. The molecule has 0 radical (unpaired) electrons. The minimum absolute atomic E-state index is 0.537. The third-order valence-electron chi connectivity index (χ3n) is 2.42. The summed E-state index contributed by atoms with van der Waals surface area (Å²) in [4.78, 5) is 4.18. The molecule has 0 saturated heterocycles. The SMILES string of the molecule is CC(C)c1ccc(Br)c2ccncc12. The van der Waals surface area contributed by atoms with E-state index in [1.165, 1.54) is 16.3 Å². The summed E-state index contributed by atoms with van der Waals surface area (Å²) in [5.41, 5.74) is 1.36. The van der Waals surface area contributed by atoms with Gasteiger partial charge in [-0.25, -0.2) is 0 Å². The Labute approximate surface area is 92.3 Å². The fourth-order valence-corrected chi connectivity index (χ4v) is 2.16. The summed E-state index contributed by atoms with van der Waals surface area (Å²) in [5.74, 6) is 0.537. The van der Waals surface area contributed by atoms with Gasteiger partial charge >= 0.3 is 0 Å². The zero-order valence-electron chi connectivity index (χ0n) is 8.29. The maximum absolute atomic E-state index is 4.18. The second kappa shape index (κ2) is 3.70. The zero-order valence-corrected chi connectivity index (χ0v) is 9.88. The van der Waals surface area contributed by atoms with E-state index in [0.29, 0.717) is 5.92 Å². The summed E-state index contributed by atoms with van der Waals surface area (Å²) in [5, 5.41) is 2.49. The van der Waals surface area contributed by atoms with Crippen molar-refractivity contribution in [2.45, 2.75) is 19.8 Å². The number of pyridine rings is 1. The van der Waals surface area contributed by atoms with Crippen LogP contribution in [-0.2, 0) is 0 Å². The van der Waals surface area contributed by atoms with Crippen LogP contribution in [0.25, 0.3) is 10.8 Å². The number of halogens is 1. The number of hydrogen-bond acceptors (Lipinski definition) is 1. The van der Waals surface area contributed by atoms with Crippen LogP contribution in [0.4, 0.5) is 0 Å². The van der Waals surface area contributed by atoms with Crippen molar-refractivity contribution in [3.63, 3.8) is 0 Å². The smallest absolute Gasteiger partial charge is 0.0349 e. The molecule has 2 heteroatoms. The molecule has 14 heavy (non-hydrogen) atoms. The molecule has 0 fully saturated rings. The largest absolute Gasteiger partial charge is 0.264 e. The molecule has 0 atom stereocenters. The monoisotopic (exact) mass is 249 g/mol. The molecule has 0 aliphatic heterocycles. The standard InChI is InChI=1S/C12H12BrN/c1-8(2)9-3-4-12(13)10-5-6-14-7-11(9)10/h3-8H,1-2H3. The average Bonchev–Trinajstić information content (AvgIpc) is 2.18. The second-order valence-electron chi connectivity index (χ2n) is 3.71. The second-order valence-corrected chi connectivity index (χ2v) is 4.57. The van der Waals surface area contributed by atoms with Gasteiger partial charge in [-0.2, -0.15) is 0 Å².